The Morgan fingerprint density at radius 2 is 1.72 bits per heavy atom. The number of amides is 1. The summed E-state index contributed by atoms with van der Waals surface area (Å²) in [6.45, 7) is 1.94. The number of anilines is 1. The maximum atomic E-state index is 12.7. The van der Waals surface area contributed by atoms with E-state index in [0.717, 1.165) is 48.4 Å². The molecule has 2 aromatic carbocycles. The molecule has 3 aromatic rings. The first kappa shape index (κ1) is 21.6. The molecule has 0 saturated carbocycles. The van der Waals surface area contributed by atoms with E-state index in [0.29, 0.717) is 18.2 Å². The second-order valence-corrected chi connectivity index (χ2v) is 7.79. The normalized spacial score (nSPS) is 14.1. The van der Waals surface area contributed by atoms with Crippen molar-refractivity contribution in [2.24, 2.45) is 5.92 Å². The van der Waals surface area contributed by atoms with Gasteiger partial charge in [-0.3, -0.25) is 4.79 Å². The zero-order valence-electron chi connectivity index (χ0n) is 18.5. The number of hydrogen-bond donors (Lipinski definition) is 1. The van der Waals surface area contributed by atoms with Gasteiger partial charge in [-0.2, -0.15) is 0 Å². The minimum atomic E-state index is -0.0147. The lowest BCUT2D eigenvalue weighted by Crippen LogP contribution is -2.41. The lowest BCUT2D eigenvalue weighted by Gasteiger charge is -2.31. The highest BCUT2D eigenvalue weighted by Crippen LogP contribution is 2.26. The number of methoxy groups -OCH3 is 2. The third-order valence-electron chi connectivity index (χ3n) is 5.84. The summed E-state index contributed by atoms with van der Waals surface area (Å²) >= 11 is 0. The van der Waals surface area contributed by atoms with Gasteiger partial charge in [-0.1, -0.05) is 30.3 Å². The topological polar surface area (TPSA) is 76.6 Å². The number of hydrogen-bond acceptors (Lipinski definition) is 6. The lowest BCUT2D eigenvalue weighted by molar-refractivity contribution is -0.125. The molecule has 0 atom stereocenters. The highest BCUT2D eigenvalue weighted by atomic mass is 16.5. The average Bonchev–Trinajstić information content (AvgIpc) is 2.88. The summed E-state index contributed by atoms with van der Waals surface area (Å²) in [6, 6.07) is 15.7. The van der Waals surface area contributed by atoms with Crippen molar-refractivity contribution in [2.75, 3.05) is 32.2 Å². The molecular formula is C25H28N4O3. The van der Waals surface area contributed by atoms with Crippen LogP contribution in [0.1, 0.15) is 18.4 Å². The first-order chi connectivity index (χ1) is 15.7. The van der Waals surface area contributed by atoms with Crippen LogP contribution < -0.4 is 19.7 Å². The number of carbonyl (C=O) groups is 1. The summed E-state index contributed by atoms with van der Waals surface area (Å²) in [5, 5.41) is 3.05. The first-order valence-corrected chi connectivity index (χ1v) is 10.8. The van der Waals surface area contributed by atoms with Crippen LogP contribution in [-0.4, -0.2) is 43.2 Å². The van der Waals surface area contributed by atoms with Gasteiger partial charge in [-0.25, -0.2) is 9.97 Å². The average molecular weight is 433 g/mol. The van der Waals surface area contributed by atoms with Crippen LogP contribution in [0.2, 0.25) is 0 Å². The molecule has 1 aliphatic heterocycles. The van der Waals surface area contributed by atoms with Crippen molar-refractivity contribution in [3.05, 3.63) is 66.5 Å². The molecule has 1 amide bonds. The van der Waals surface area contributed by atoms with Crippen LogP contribution in [0.3, 0.4) is 0 Å². The molecule has 0 aliphatic carbocycles. The summed E-state index contributed by atoms with van der Waals surface area (Å²) in [7, 11) is 3.23. The maximum absolute atomic E-state index is 12.7. The van der Waals surface area contributed by atoms with Gasteiger partial charge in [-0.15, -0.1) is 0 Å². The Kier molecular flexibility index (Phi) is 6.84. The van der Waals surface area contributed by atoms with Crippen molar-refractivity contribution < 1.29 is 14.3 Å². The van der Waals surface area contributed by atoms with Gasteiger partial charge in [0.1, 0.15) is 11.5 Å². The van der Waals surface area contributed by atoms with E-state index in [1.807, 2.05) is 60.9 Å². The van der Waals surface area contributed by atoms with E-state index in [4.69, 9.17) is 9.47 Å². The van der Waals surface area contributed by atoms with Crippen molar-refractivity contribution in [1.29, 1.82) is 0 Å². The molecule has 2 heterocycles. The van der Waals surface area contributed by atoms with Crippen molar-refractivity contribution in [3.63, 3.8) is 0 Å². The van der Waals surface area contributed by atoms with Gasteiger partial charge in [0.05, 0.1) is 14.2 Å². The van der Waals surface area contributed by atoms with Gasteiger partial charge in [0.15, 0.2) is 0 Å². The third kappa shape index (κ3) is 4.99. The fraction of sp³-hybridized carbons (Fsp3) is 0.320. The Morgan fingerprint density at radius 3 is 2.38 bits per heavy atom. The fourth-order valence-electron chi connectivity index (χ4n) is 3.93. The second-order valence-electron chi connectivity index (χ2n) is 7.79. The predicted octanol–water partition coefficient (Wildman–Crippen LogP) is 3.69. The predicted molar refractivity (Wildman–Crippen MR) is 124 cm³/mol. The Balaban J connectivity index is 1.29. The molecule has 1 fully saturated rings. The molecule has 0 spiro atoms. The lowest BCUT2D eigenvalue weighted by atomic mass is 9.96. The molecule has 166 valence electrons. The summed E-state index contributed by atoms with van der Waals surface area (Å²) in [6.07, 6.45) is 5.27. The maximum Gasteiger partial charge on any atom is 0.225 e. The number of piperidine rings is 1. The largest absolute Gasteiger partial charge is 0.497 e. The molecule has 32 heavy (non-hydrogen) atoms. The van der Waals surface area contributed by atoms with E-state index in [2.05, 4.69) is 20.2 Å². The monoisotopic (exact) mass is 432 g/mol. The summed E-state index contributed by atoms with van der Waals surface area (Å²) in [4.78, 5) is 24.0. The van der Waals surface area contributed by atoms with Crippen molar-refractivity contribution in [2.45, 2.75) is 19.4 Å². The van der Waals surface area contributed by atoms with E-state index in [-0.39, 0.29) is 11.8 Å². The minimum absolute atomic E-state index is 0.0147. The number of carbonyl (C=O) groups excluding carboxylic acids is 1. The smallest absolute Gasteiger partial charge is 0.225 e. The van der Waals surface area contributed by atoms with Crippen LogP contribution in [0, 0.1) is 5.92 Å². The summed E-state index contributed by atoms with van der Waals surface area (Å²) in [5.41, 5.74) is 3.02. The Bertz CT molecular complexity index is 1030. The molecule has 1 saturated heterocycles. The fourth-order valence-corrected chi connectivity index (χ4v) is 3.93. The number of benzene rings is 2. The van der Waals surface area contributed by atoms with E-state index >= 15 is 0 Å². The van der Waals surface area contributed by atoms with E-state index < -0.39 is 0 Å². The molecule has 1 N–H and O–H groups in total. The Morgan fingerprint density at radius 1 is 1.00 bits per heavy atom. The molecule has 1 aromatic heterocycles. The SMILES string of the molecule is COc1ccc(CNC(=O)C2CCN(c3ncc(-c4ccccc4)cn3)CC2)c(OC)c1. The number of nitrogens with one attached hydrogen (secondary N) is 1. The second kappa shape index (κ2) is 10.1. The van der Waals surface area contributed by atoms with Crippen LogP contribution in [0.15, 0.2) is 60.9 Å². The van der Waals surface area contributed by atoms with Gasteiger partial charge in [-0.05, 0) is 30.5 Å². The Hall–Kier alpha value is -3.61. The molecule has 7 heteroatoms. The van der Waals surface area contributed by atoms with Gasteiger partial charge in [0, 0.05) is 55.1 Å². The summed E-state index contributed by atoms with van der Waals surface area (Å²) in [5.74, 6) is 2.20. The van der Waals surface area contributed by atoms with Crippen LogP contribution in [0.5, 0.6) is 11.5 Å². The molecule has 1 aliphatic rings. The standard InChI is InChI=1S/C25H28N4O3/c1-31-22-9-8-20(23(14-22)32-2)15-26-24(30)19-10-12-29(13-11-19)25-27-16-21(17-28-25)18-6-4-3-5-7-18/h3-9,14,16-17,19H,10-13,15H2,1-2H3,(H,26,30). The molecule has 4 rings (SSSR count). The van der Waals surface area contributed by atoms with Gasteiger partial charge >= 0.3 is 0 Å². The van der Waals surface area contributed by atoms with Crippen molar-refractivity contribution in [1.82, 2.24) is 15.3 Å². The molecule has 0 radical (unpaired) electrons. The highest BCUT2D eigenvalue weighted by molar-refractivity contribution is 5.79. The highest BCUT2D eigenvalue weighted by Gasteiger charge is 2.26. The third-order valence-corrected chi connectivity index (χ3v) is 5.84. The van der Waals surface area contributed by atoms with Crippen molar-refractivity contribution >= 4 is 11.9 Å². The number of aromatic nitrogens is 2. The molecule has 7 nitrogen and oxygen atoms in total. The first-order valence-electron chi connectivity index (χ1n) is 10.8. The zero-order chi connectivity index (χ0) is 22.3. The number of rotatable bonds is 7. The van der Waals surface area contributed by atoms with E-state index in [9.17, 15) is 4.79 Å². The molecule has 0 unspecified atom stereocenters. The van der Waals surface area contributed by atoms with Gasteiger partial charge in [0.25, 0.3) is 0 Å². The molecule has 0 bridgehead atoms. The minimum Gasteiger partial charge on any atom is -0.497 e. The quantitative estimate of drug-likeness (QED) is 0.614. The number of nitrogens with zero attached hydrogens (tertiary/aromatic N) is 3. The van der Waals surface area contributed by atoms with E-state index in [1.54, 1.807) is 14.2 Å². The van der Waals surface area contributed by atoms with Crippen LogP contribution in [0.4, 0.5) is 5.95 Å². The van der Waals surface area contributed by atoms with Crippen LogP contribution in [-0.2, 0) is 11.3 Å². The molecular weight excluding hydrogens is 404 g/mol. The van der Waals surface area contributed by atoms with Crippen LogP contribution in [0.25, 0.3) is 11.1 Å². The number of ether oxygens (including phenoxy) is 2. The van der Waals surface area contributed by atoms with Gasteiger partial charge < -0.3 is 19.7 Å². The zero-order valence-corrected chi connectivity index (χ0v) is 18.5. The Labute approximate surface area is 188 Å². The summed E-state index contributed by atoms with van der Waals surface area (Å²) < 4.78 is 10.6. The van der Waals surface area contributed by atoms with E-state index in [1.165, 1.54) is 0 Å². The van der Waals surface area contributed by atoms with Crippen molar-refractivity contribution in [3.8, 4) is 22.6 Å². The van der Waals surface area contributed by atoms with Gasteiger partial charge in [0.2, 0.25) is 11.9 Å². The van der Waals surface area contributed by atoms with Crippen LogP contribution >= 0.6 is 0 Å².